The van der Waals surface area contributed by atoms with E-state index in [1.54, 1.807) is 62.9 Å². The van der Waals surface area contributed by atoms with Crippen LogP contribution in [0.5, 0.6) is 11.5 Å². The summed E-state index contributed by atoms with van der Waals surface area (Å²) in [4.78, 5) is 16.6. The van der Waals surface area contributed by atoms with Crippen LogP contribution in [0, 0.1) is 5.82 Å². The lowest BCUT2D eigenvalue weighted by atomic mass is 10.1. The van der Waals surface area contributed by atoms with Gasteiger partial charge in [0, 0.05) is 18.8 Å². The van der Waals surface area contributed by atoms with Gasteiger partial charge in [0.05, 0.1) is 37.4 Å². The minimum absolute atomic E-state index is 0.276. The topological polar surface area (TPSA) is 72.5 Å². The Bertz CT molecular complexity index is 995. The number of carbonyl (C=O) groups is 1. The highest BCUT2D eigenvalue weighted by Gasteiger charge is 2.10. The van der Waals surface area contributed by atoms with Crippen molar-refractivity contribution in [2.24, 2.45) is 0 Å². The molecule has 0 saturated heterocycles. The second-order valence-electron chi connectivity index (χ2n) is 6.25. The zero-order valence-corrected chi connectivity index (χ0v) is 16.2. The molecule has 150 valence electrons. The average molecular weight is 395 g/mol. The van der Waals surface area contributed by atoms with Crippen LogP contribution < -0.4 is 20.1 Å². The fourth-order valence-electron chi connectivity index (χ4n) is 2.81. The average Bonchev–Trinajstić information content (AvgIpc) is 2.75. The number of nitrogens with one attached hydrogen (secondary N) is 2. The maximum atomic E-state index is 13.7. The second kappa shape index (κ2) is 9.54. The fourth-order valence-corrected chi connectivity index (χ4v) is 2.81. The van der Waals surface area contributed by atoms with Gasteiger partial charge >= 0.3 is 0 Å². The van der Waals surface area contributed by atoms with Crippen molar-refractivity contribution in [1.29, 1.82) is 0 Å². The van der Waals surface area contributed by atoms with Gasteiger partial charge in [-0.05, 0) is 36.2 Å². The molecule has 2 aromatic carbocycles. The normalized spacial score (nSPS) is 10.3. The van der Waals surface area contributed by atoms with Crippen LogP contribution in [0.15, 0.2) is 60.9 Å². The molecule has 0 aliphatic heterocycles. The van der Waals surface area contributed by atoms with Gasteiger partial charge < -0.3 is 20.1 Å². The van der Waals surface area contributed by atoms with Gasteiger partial charge in [-0.15, -0.1) is 0 Å². The lowest BCUT2D eigenvalue weighted by Gasteiger charge is -2.13. The molecule has 2 N–H and O–H groups in total. The van der Waals surface area contributed by atoms with E-state index in [1.165, 1.54) is 12.3 Å². The zero-order chi connectivity index (χ0) is 20.6. The summed E-state index contributed by atoms with van der Waals surface area (Å²) in [7, 11) is 3.16. The predicted octanol–water partition coefficient (Wildman–Crippen LogP) is 3.95. The molecule has 7 heteroatoms. The summed E-state index contributed by atoms with van der Waals surface area (Å²) in [6.07, 6.45) is 3.49. The van der Waals surface area contributed by atoms with Gasteiger partial charge in [0.1, 0.15) is 17.3 Å². The minimum atomic E-state index is -0.282. The number of rotatable bonds is 8. The molecular weight excluding hydrogens is 373 g/mol. The van der Waals surface area contributed by atoms with Crippen molar-refractivity contribution >= 4 is 17.3 Å². The number of amides is 1. The van der Waals surface area contributed by atoms with Crippen molar-refractivity contribution in [2.45, 2.75) is 6.42 Å². The Morgan fingerprint density at radius 1 is 1.07 bits per heavy atom. The summed E-state index contributed by atoms with van der Waals surface area (Å²) >= 11 is 0. The van der Waals surface area contributed by atoms with Crippen molar-refractivity contribution in [3.05, 3.63) is 77.9 Å². The predicted molar refractivity (Wildman–Crippen MR) is 110 cm³/mol. The highest BCUT2D eigenvalue weighted by atomic mass is 19.1. The Morgan fingerprint density at radius 3 is 2.66 bits per heavy atom. The summed E-state index contributed by atoms with van der Waals surface area (Å²) in [6.45, 7) is 0.321. The molecule has 0 fully saturated rings. The number of aromatic nitrogens is 1. The van der Waals surface area contributed by atoms with Crippen molar-refractivity contribution in [2.75, 3.05) is 26.1 Å². The quantitative estimate of drug-likeness (QED) is 0.604. The van der Waals surface area contributed by atoms with E-state index in [2.05, 4.69) is 15.6 Å². The molecule has 3 aromatic rings. The molecule has 6 nitrogen and oxygen atoms in total. The number of benzene rings is 2. The van der Waals surface area contributed by atoms with Gasteiger partial charge in [-0.1, -0.05) is 18.2 Å². The molecule has 0 saturated carbocycles. The van der Waals surface area contributed by atoms with Gasteiger partial charge in [0.15, 0.2) is 0 Å². The number of anilines is 2. The first-order valence-electron chi connectivity index (χ1n) is 9.06. The van der Waals surface area contributed by atoms with Crippen LogP contribution in [0.25, 0.3) is 0 Å². The molecule has 0 unspecified atom stereocenters. The summed E-state index contributed by atoms with van der Waals surface area (Å²) in [5.41, 5.74) is 2.26. The van der Waals surface area contributed by atoms with E-state index in [0.29, 0.717) is 47.0 Å². The highest BCUT2D eigenvalue weighted by Crippen LogP contribution is 2.31. The third kappa shape index (κ3) is 5.22. The highest BCUT2D eigenvalue weighted by molar-refractivity contribution is 5.94. The number of halogens is 1. The molecule has 0 atom stereocenters. The lowest BCUT2D eigenvalue weighted by Crippen LogP contribution is -2.26. The van der Waals surface area contributed by atoms with Crippen molar-refractivity contribution in [3.8, 4) is 11.5 Å². The number of nitrogens with zero attached hydrogens (tertiary/aromatic N) is 1. The van der Waals surface area contributed by atoms with Crippen LogP contribution >= 0.6 is 0 Å². The van der Waals surface area contributed by atoms with E-state index in [0.717, 1.165) is 0 Å². The van der Waals surface area contributed by atoms with E-state index in [1.807, 2.05) is 0 Å². The Labute approximate surface area is 168 Å². The zero-order valence-electron chi connectivity index (χ0n) is 16.2. The van der Waals surface area contributed by atoms with Gasteiger partial charge in [0.2, 0.25) is 0 Å². The minimum Gasteiger partial charge on any atom is -0.497 e. The number of ether oxygens (including phenoxy) is 2. The molecule has 1 amide bonds. The van der Waals surface area contributed by atoms with E-state index in [4.69, 9.17) is 9.47 Å². The first-order chi connectivity index (χ1) is 14.1. The number of hydrogen-bond donors (Lipinski definition) is 2. The second-order valence-corrected chi connectivity index (χ2v) is 6.25. The lowest BCUT2D eigenvalue weighted by molar-refractivity contribution is 0.0953. The SMILES string of the molecule is COc1ccc(OC)c(Nc2cncc(C(=O)NCCc3ccccc3F)c2)c1. The molecule has 0 aliphatic rings. The summed E-state index contributed by atoms with van der Waals surface area (Å²) in [6, 6.07) is 13.6. The monoisotopic (exact) mass is 395 g/mol. The smallest absolute Gasteiger partial charge is 0.252 e. The third-order valence-corrected chi connectivity index (χ3v) is 4.32. The molecule has 0 radical (unpaired) electrons. The summed E-state index contributed by atoms with van der Waals surface area (Å²) < 4.78 is 24.3. The molecule has 0 spiro atoms. The first-order valence-corrected chi connectivity index (χ1v) is 9.06. The van der Waals surface area contributed by atoms with Crippen LogP contribution in [-0.2, 0) is 6.42 Å². The van der Waals surface area contributed by atoms with Crippen LogP contribution in [0.1, 0.15) is 15.9 Å². The Morgan fingerprint density at radius 2 is 1.90 bits per heavy atom. The number of methoxy groups -OCH3 is 2. The number of carbonyl (C=O) groups excluding carboxylic acids is 1. The van der Waals surface area contributed by atoms with Crippen molar-refractivity contribution in [3.63, 3.8) is 0 Å². The Balaban J connectivity index is 1.66. The molecule has 0 aliphatic carbocycles. The molecule has 1 aromatic heterocycles. The molecule has 3 rings (SSSR count). The Hall–Kier alpha value is -3.61. The molecule has 1 heterocycles. The maximum Gasteiger partial charge on any atom is 0.252 e. The summed E-state index contributed by atoms with van der Waals surface area (Å²) in [5.74, 6) is 0.741. The summed E-state index contributed by atoms with van der Waals surface area (Å²) in [5, 5.41) is 5.97. The van der Waals surface area contributed by atoms with Crippen LogP contribution in [-0.4, -0.2) is 31.7 Å². The van der Waals surface area contributed by atoms with Crippen LogP contribution in [0.2, 0.25) is 0 Å². The van der Waals surface area contributed by atoms with E-state index in [-0.39, 0.29) is 11.7 Å². The van der Waals surface area contributed by atoms with Gasteiger partial charge in [-0.2, -0.15) is 0 Å². The van der Waals surface area contributed by atoms with E-state index < -0.39 is 0 Å². The van der Waals surface area contributed by atoms with Crippen LogP contribution in [0.4, 0.5) is 15.8 Å². The Kier molecular flexibility index (Phi) is 6.63. The van der Waals surface area contributed by atoms with Crippen molar-refractivity contribution in [1.82, 2.24) is 10.3 Å². The third-order valence-electron chi connectivity index (χ3n) is 4.32. The molecule has 0 bridgehead atoms. The van der Waals surface area contributed by atoms with Gasteiger partial charge in [-0.3, -0.25) is 9.78 Å². The van der Waals surface area contributed by atoms with Crippen LogP contribution in [0.3, 0.4) is 0 Å². The maximum absolute atomic E-state index is 13.7. The molecule has 29 heavy (non-hydrogen) atoms. The standard InChI is InChI=1S/C22H22FN3O3/c1-28-18-7-8-21(29-2)20(12-18)26-17-11-16(13-24-14-17)22(27)25-10-9-15-5-3-4-6-19(15)23/h3-8,11-14,26H,9-10H2,1-2H3,(H,25,27). The van der Waals surface area contributed by atoms with E-state index in [9.17, 15) is 9.18 Å². The number of pyridine rings is 1. The van der Waals surface area contributed by atoms with Crippen molar-refractivity contribution < 1.29 is 18.7 Å². The fraction of sp³-hybridized carbons (Fsp3) is 0.182. The molecular formula is C22H22FN3O3. The van der Waals surface area contributed by atoms with Gasteiger partial charge in [-0.25, -0.2) is 4.39 Å². The van der Waals surface area contributed by atoms with Gasteiger partial charge in [0.25, 0.3) is 5.91 Å². The van der Waals surface area contributed by atoms with E-state index >= 15 is 0 Å². The largest absolute Gasteiger partial charge is 0.497 e. The number of hydrogen-bond acceptors (Lipinski definition) is 5. The first kappa shape index (κ1) is 20.1.